The first-order chi connectivity index (χ1) is 8.98. The number of nitrogens with one attached hydrogen (secondary N) is 1. The monoisotopic (exact) mass is 297 g/mol. The van der Waals surface area contributed by atoms with Gasteiger partial charge in [-0.2, -0.15) is 0 Å². The van der Waals surface area contributed by atoms with Crippen LogP contribution in [0.2, 0.25) is 0 Å². The molecule has 0 saturated heterocycles. The van der Waals surface area contributed by atoms with E-state index in [1.54, 1.807) is 35.9 Å². The number of hydrogen-bond donors (Lipinski definition) is 1. The standard InChI is InChI=1S/C12H15N3O2S2/c1-9(12-14-6-7-18-12)8-15-11-10(19(2,16)17)4-3-5-13-11/h3-7,9H,8H2,1-2H3,(H,13,15). The Morgan fingerprint density at radius 2 is 2.16 bits per heavy atom. The van der Waals surface area contributed by atoms with E-state index < -0.39 is 9.84 Å². The highest BCUT2D eigenvalue weighted by Gasteiger charge is 2.15. The van der Waals surface area contributed by atoms with Gasteiger partial charge in [-0.05, 0) is 12.1 Å². The molecule has 5 nitrogen and oxygen atoms in total. The molecule has 0 bridgehead atoms. The van der Waals surface area contributed by atoms with Gasteiger partial charge in [-0.15, -0.1) is 11.3 Å². The van der Waals surface area contributed by atoms with Crippen molar-refractivity contribution in [1.29, 1.82) is 0 Å². The Kier molecular flexibility index (Phi) is 4.16. The Labute approximate surface area is 116 Å². The van der Waals surface area contributed by atoms with Crippen LogP contribution in [0.25, 0.3) is 0 Å². The van der Waals surface area contributed by atoms with E-state index in [-0.39, 0.29) is 10.8 Å². The minimum atomic E-state index is -3.27. The molecule has 0 radical (unpaired) electrons. The number of anilines is 1. The summed E-state index contributed by atoms with van der Waals surface area (Å²) < 4.78 is 23.3. The van der Waals surface area contributed by atoms with E-state index in [1.165, 1.54) is 6.26 Å². The van der Waals surface area contributed by atoms with Crippen LogP contribution in [0.15, 0.2) is 34.8 Å². The van der Waals surface area contributed by atoms with Crippen LogP contribution in [0, 0.1) is 0 Å². The van der Waals surface area contributed by atoms with E-state index in [0.717, 1.165) is 5.01 Å². The summed E-state index contributed by atoms with van der Waals surface area (Å²) >= 11 is 1.59. The summed E-state index contributed by atoms with van der Waals surface area (Å²) in [6.45, 7) is 2.63. The van der Waals surface area contributed by atoms with Gasteiger partial charge >= 0.3 is 0 Å². The van der Waals surface area contributed by atoms with Crippen LogP contribution in [0.4, 0.5) is 5.82 Å². The van der Waals surface area contributed by atoms with E-state index >= 15 is 0 Å². The fourth-order valence-corrected chi connectivity index (χ4v) is 3.14. The van der Waals surface area contributed by atoms with E-state index in [1.807, 2.05) is 12.3 Å². The molecule has 102 valence electrons. The maximum atomic E-state index is 11.6. The molecule has 0 aliphatic rings. The van der Waals surface area contributed by atoms with E-state index in [2.05, 4.69) is 15.3 Å². The van der Waals surface area contributed by atoms with Gasteiger partial charge in [-0.1, -0.05) is 6.92 Å². The van der Waals surface area contributed by atoms with Crippen molar-refractivity contribution in [2.24, 2.45) is 0 Å². The first-order valence-corrected chi connectivity index (χ1v) is 8.54. The SMILES string of the molecule is CC(CNc1ncccc1S(C)(=O)=O)c1nccs1. The molecule has 19 heavy (non-hydrogen) atoms. The fourth-order valence-electron chi connectivity index (χ4n) is 1.64. The lowest BCUT2D eigenvalue weighted by atomic mass is 10.2. The van der Waals surface area contributed by atoms with Gasteiger partial charge in [0.2, 0.25) is 0 Å². The highest BCUT2D eigenvalue weighted by Crippen LogP contribution is 2.21. The van der Waals surface area contributed by atoms with Crippen LogP contribution in [-0.4, -0.2) is 31.2 Å². The minimum Gasteiger partial charge on any atom is -0.368 e. The maximum Gasteiger partial charge on any atom is 0.179 e. The zero-order chi connectivity index (χ0) is 13.9. The van der Waals surface area contributed by atoms with Gasteiger partial charge in [0.05, 0.1) is 5.01 Å². The fraction of sp³-hybridized carbons (Fsp3) is 0.333. The highest BCUT2D eigenvalue weighted by molar-refractivity contribution is 7.90. The second-order valence-corrected chi connectivity index (χ2v) is 7.18. The van der Waals surface area contributed by atoms with Gasteiger partial charge < -0.3 is 5.32 Å². The van der Waals surface area contributed by atoms with Crippen molar-refractivity contribution in [3.63, 3.8) is 0 Å². The molecule has 2 rings (SSSR count). The molecule has 0 amide bonds. The van der Waals surface area contributed by atoms with Crippen LogP contribution in [0.5, 0.6) is 0 Å². The van der Waals surface area contributed by atoms with Crippen LogP contribution in [-0.2, 0) is 9.84 Å². The smallest absolute Gasteiger partial charge is 0.179 e. The molecular weight excluding hydrogens is 282 g/mol. The third kappa shape index (κ3) is 3.51. The first kappa shape index (κ1) is 14.0. The number of hydrogen-bond acceptors (Lipinski definition) is 6. The molecule has 2 aromatic rings. The predicted molar refractivity (Wildman–Crippen MR) is 76.4 cm³/mol. The van der Waals surface area contributed by atoms with Crippen molar-refractivity contribution in [2.75, 3.05) is 18.1 Å². The highest BCUT2D eigenvalue weighted by atomic mass is 32.2. The number of rotatable bonds is 5. The summed E-state index contributed by atoms with van der Waals surface area (Å²) in [6.07, 6.45) is 4.52. The van der Waals surface area contributed by atoms with Gasteiger partial charge in [0, 0.05) is 36.5 Å². The van der Waals surface area contributed by atoms with Gasteiger partial charge in [0.25, 0.3) is 0 Å². The topological polar surface area (TPSA) is 72.0 Å². The van der Waals surface area contributed by atoms with Crippen molar-refractivity contribution in [3.8, 4) is 0 Å². The van der Waals surface area contributed by atoms with Crippen molar-refractivity contribution in [1.82, 2.24) is 9.97 Å². The summed E-state index contributed by atoms with van der Waals surface area (Å²) in [5, 5.41) is 6.03. The largest absolute Gasteiger partial charge is 0.368 e. The van der Waals surface area contributed by atoms with Crippen molar-refractivity contribution >= 4 is 27.0 Å². The molecule has 0 aliphatic heterocycles. The summed E-state index contributed by atoms with van der Waals surface area (Å²) in [4.78, 5) is 8.55. The van der Waals surface area contributed by atoms with Gasteiger partial charge in [-0.3, -0.25) is 0 Å². The summed E-state index contributed by atoms with van der Waals surface area (Å²) in [6, 6.07) is 3.17. The normalized spacial score (nSPS) is 13.2. The molecule has 0 fully saturated rings. The third-order valence-corrected chi connectivity index (χ3v) is 4.75. The number of aromatic nitrogens is 2. The molecule has 1 N–H and O–H groups in total. The van der Waals surface area contributed by atoms with Crippen LogP contribution in [0.1, 0.15) is 17.8 Å². The van der Waals surface area contributed by atoms with Crippen LogP contribution in [0.3, 0.4) is 0 Å². The van der Waals surface area contributed by atoms with Crippen LogP contribution >= 0.6 is 11.3 Å². The average Bonchev–Trinajstić information content (AvgIpc) is 2.89. The molecule has 1 atom stereocenters. The first-order valence-electron chi connectivity index (χ1n) is 5.77. The van der Waals surface area contributed by atoms with Gasteiger partial charge in [0.15, 0.2) is 9.84 Å². The molecule has 0 saturated carbocycles. The molecule has 7 heteroatoms. The summed E-state index contributed by atoms with van der Waals surface area (Å²) in [5.74, 6) is 0.600. The summed E-state index contributed by atoms with van der Waals surface area (Å²) in [5.41, 5.74) is 0. The Hall–Kier alpha value is -1.47. The second kappa shape index (κ2) is 5.66. The van der Waals surface area contributed by atoms with E-state index in [9.17, 15) is 8.42 Å². The number of nitrogens with zero attached hydrogens (tertiary/aromatic N) is 2. The summed E-state index contributed by atoms with van der Waals surface area (Å²) in [7, 11) is -3.27. The number of sulfone groups is 1. The lowest BCUT2D eigenvalue weighted by Gasteiger charge is -2.12. The molecule has 0 spiro atoms. The maximum absolute atomic E-state index is 11.6. The van der Waals surface area contributed by atoms with E-state index in [4.69, 9.17) is 0 Å². The van der Waals surface area contributed by atoms with Gasteiger partial charge in [-0.25, -0.2) is 18.4 Å². The second-order valence-electron chi connectivity index (χ2n) is 4.27. The Balaban J connectivity index is 2.12. The minimum absolute atomic E-state index is 0.203. The zero-order valence-electron chi connectivity index (χ0n) is 10.7. The lowest BCUT2D eigenvalue weighted by Crippen LogP contribution is -2.13. The Bertz CT molecular complexity index is 639. The number of pyridine rings is 1. The molecule has 0 aromatic carbocycles. The Morgan fingerprint density at radius 3 is 2.79 bits per heavy atom. The third-order valence-electron chi connectivity index (χ3n) is 2.62. The van der Waals surface area contributed by atoms with Crippen molar-refractivity contribution in [2.45, 2.75) is 17.7 Å². The molecule has 2 heterocycles. The van der Waals surface area contributed by atoms with Crippen molar-refractivity contribution < 1.29 is 8.42 Å². The molecule has 2 aromatic heterocycles. The quantitative estimate of drug-likeness (QED) is 0.915. The lowest BCUT2D eigenvalue weighted by molar-refractivity contribution is 0.601. The molecule has 1 unspecified atom stereocenters. The van der Waals surface area contributed by atoms with Gasteiger partial charge in [0.1, 0.15) is 10.7 Å². The molecule has 0 aliphatic carbocycles. The zero-order valence-corrected chi connectivity index (χ0v) is 12.3. The predicted octanol–water partition coefficient (Wildman–Crippen LogP) is 2.16. The Morgan fingerprint density at radius 1 is 1.37 bits per heavy atom. The molecular formula is C12H15N3O2S2. The van der Waals surface area contributed by atoms with Crippen molar-refractivity contribution in [3.05, 3.63) is 34.9 Å². The average molecular weight is 297 g/mol. The number of thiazole rings is 1. The van der Waals surface area contributed by atoms with E-state index in [0.29, 0.717) is 12.4 Å². The van der Waals surface area contributed by atoms with Crippen LogP contribution < -0.4 is 5.32 Å².